The molecule has 178 valence electrons. The van der Waals surface area contributed by atoms with E-state index in [0.29, 0.717) is 11.8 Å². The van der Waals surface area contributed by atoms with Crippen LogP contribution >= 0.6 is 0 Å². The molecule has 1 aromatic carbocycles. The van der Waals surface area contributed by atoms with Crippen LogP contribution in [0.25, 0.3) is 10.9 Å². The molecule has 0 radical (unpaired) electrons. The molecule has 1 aliphatic carbocycles. The minimum absolute atomic E-state index is 0.176. The van der Waals surface area contributed by atoms with Gasteiger partial charge in [0.15, 0.2) is 5.82 Å². The summed E-state index contributed by atoms with van der Waals surface area (Å²) >= 11 is 0. The summed E-state index contributed by atoms with van der Waals surface area (Å²) in [5, 5.41) is 5.25. The second kappa shape index (κ2) is 9.45. The van der Waals surface area contributed by atoms with Crippen LogP contribution in [-0.4, -0.2) is 52.2 Å². The fraction of sp³-hybridized carbons (Fsp3) is 0.556. The zero-order valence-corrected chi connectivity index (χ0v) is 19.7. The Morgan fingerprint density at radius 3 is 2.65 bits per heavy atom. The Balaban J connectivity index is 1.14. The van der Waals surface area contributed by atoms with Crippen LogP contribution in [0.3, 0.4) is 0 Å². The Bertz CT molecular complexity index is 1180. The van der Waals surface area contributed by atoms with E-state index in [9.17, 15) is 4.79 Å². The third kappa shape index (κ3) is 4.22. The third-order valence-corrected chi connectivity index (χ3v) is 7.82. The van der Waals surface area contributed by atoms with Gasteiger partial charge in [0.05, 0.1) is 11.1 Å². The Kier molecular flexibility index (Phi) is 6.04. The van der Waals surface area contributed by atoms with Gasteiger partial charge in [0.25, 0.3) is 5.91 Å². The quantitative estimate of drug-likeness (QED) is 0.571. The van der Waals surface area contributed by atoms with Gasteiger partial charge >= 0.3 is 0 Å². The van der Waals surface area contributed by atoms with Crippen LogP contribution in [-0.2, 0) is 24.0 Å². The molecule has 0 spiro atoms. The zero-order valence-electron chi connectivity index (χ0n) is 19.7. The van der Waals surface area contributed by atoms with Crippen molar-refractivity contribution < 1.29 is 14.1 Å². The van der Waals surface area contributed by atoms with Gasteiger partial charge in [-0.2, -0.15) is 4.98 Å². The lowest BCUT2D eigenvalue weighted by atomic mass is 9.88. The van der Waals surface area contributed by atoms with E-state index in [1.165, 1.54) is 5.56 Å². The summed E-state index contributed by atoms with van der Waals surface area (Å²) in [6.45, 7) is 3.10. The molecule has 2 aliphatic heterocycles. The molecular weight excluding hydrogens is 428 g/mol. The second-order valence-electron chi connectivity index (χ2n) is 10.0. The van der Waals surface area contributed by atoms with E-state index in [2.05, 4.69) is 16.1 Å². The van der Waals surface area contributed by atoms with Crippen LogP contribution < -0.4 is 0 Å². The molecule has 0 bridgehead atoms. The number of para-hydroxylation sites is 1. The molecule has 0 N–H and O–H groups in total. The standard InChI is InChI=1S/C27H32N4O3/c32-27(25-20-5-1-3-7-22(20)28-23-8-4-2-6-21(23)25)31-13-9-18(10-14-31)17-24-29-26(30-34-24)19-11-15-33-16-12-19/h1,3,5,7,18-19H,2,4,6,8-17H2. The van der Waals surface area contributed by atoms with E-state index in [1.807, 2.05) is 18.2 Å². The summed E-state index contributed by atoms with van der Waals surface area (Å²) in [6.07, 6.45) is 8.88. The Labute approximate surface area is 199 Å². The molecule has 4 heterocycles. The smallest absolute Gasteiger partial charge is 0.254 e. The number of carbonyl (C=O) groups excluding carboxylic acids is 1. The van der Waals surface area contributed by atoms with Crippen molar-refractivity contribution in [2.45, 2.75) is 63.7 Å². The van der Waals surface area contributed by atoms with Crippen LogP contribution in [0.15, 0.2) is 28.8 Å². The molecule has 2 aromatic heterocycles. The number of carbonyl (C=O) groups is 1. The lowest BCUT2D eigenvalue weighted by Gasteiger charge is -2.33. The highest BCUT2D eigenvalue weighted by atomic mass is 16.5. The van der Waals surface area contributed by atoms with Crippen molar-refractivity contribution in [3.05, 3.63) is 52.8 Å². The lowest BCUT2D eigenvalue weighted by Crippen LogP contribution is -2.39. The highest BCUT2D eigenvalue weighted by molar-refractivity contribution is 6.07. The summed E-state index contributed by atoms with van der Waals surface area (Å²) in [6, 6.07) is 8.12. The first kappa shape index (κ1) is 21.7. The first-order valence-corrected chi connectivity index (χ1v) is 12.9. The van der Waals surface area contributed by atoms with Crippen LogP contribution in [0.4, 0.5) is 0 Å². The van der Waals surface area contributed by atoms with Crippen molar-refractivity contribution in [3.63, 3.8) is 0 Å². The number of hydrogen-bond acceptors (Lipinski definition) is 6. The second-order valence-corrected chi connectivity index (χ2v) is 10.0. The highest BCUT2D eigenvalue weighted by Crippen LogP contribution is 2.32. The maximum atomic E-state index is 13.8. The summed E-state index contributed by atoms with van der Waals surface area (Å²) < 4.78 is 11.0. The van der Waals surface area contributed by atoms with Crippen molar-refractivity contribution in [2.24, 2.45) is 5.92 Å². The molecule has 7 nitrogen and oxygen atoms in total. The van der Waals surface area contributed by atoms with E-state index in [-0.39, 0.29) is 5.91 Å². The van der Waals surface area contributed by atoms with Crippen molar-refractivity contribution in [1.29, 1.82) is 0 Å². The fourth-order valence-corrected chi connectivity index (χ4v) is 5.83. The van der Waals surface area contributed by atoms with Crippen LogP contribution in [0.1, 0.15) is 77.8 Å². The van der Waals surface area contributed by atoms with Crippen LogP contribution in [0.5, 0.6) is 0 Å². The molecule has 0 unspecified atom stereocenters. The number of hydrogen-bond donors (Lipinski definition) is 0. The van der Waals surface area contributed by atoms with E-state index in [4.69, 9.17) is 19.2 Å². The summed E-state index contributed by atoms with van der Waals surface area (Å²) in [5.41, 5.74) is 4.15. The summed E-state index contributed by atoms with van der Waals surface area (Å²) in [4.78, 5) is 25.4. The maximum absolute atomic E-state index is 13.8. The zero-order chi connectivity index (χ0) is 22.9. The van der Waals surface area contributed by atoms with Crippen LogP contribution in [0, 0.1) is 5.92 Å². The maximum Gasteiger partial charge on any atom is 0.254 e. The predicted molar refractivity (Wildman–Crippen MR) is 128 cm³/mol. The number of amides is 1. The predicted octanol–water partition coefficient (Wildman–Crippen LogP) is 4.49. The number of aryl methyl sites for hydroxylation is 1. The minimum Gasteiger partial charge on any atom is -0.381 e. The minimum atomic E-state index is 0.176. The number of benzene rings is 1. The number of pyridine rings is 1. The number of aromatic nitrogens is 3. The van der Waals surface area contributed by atoms with Gasteiger partial charge in [0, 0.05) is 49.7 Å². The van der Waals surface area contributed by atoms with Crippen LogP contribution in [0.2, 0.25) is 0 Å². The Morgan fingerprint density at radius 2 is 1.79 bits per heavy atom. The van der Waals surface area contributed by atoms with Gasteiger partial charge in [0.2, 0.25) is 5.89 Å². The van der Waals surface area contributed by atoms with Crippen molar-refractivity contribution in [1.82, 2.24) is 20.0 Å². The Morgan fingerprint density at radius 1 is 1.00 bits per heavy atom. The Hall–Kier alpha value is -2.80. The van der Waals surface area contributed by atoms with Gasteiger partial charge in [-0.15, -0.1) is 0 Å². The van der Waals surface area contributed by atoms with Gasteiger partial charge in [-0.3, -0.25) is 9.78 Å². The van der Waals surface area contributed by atoms with E-state index < -0.39 is 0 Å². The molecule has 3 aromatic rings. The molecule has 0 saturated carbocycles. The SMILES string of the molecule is O=C(c1c2c(nc3ccccc13)CCCC2)N1CCC(Cc2nc(C3CCOCC3)no2)CC1. The highest BCUT2D eigenvalue weighted by Gasteiger charge is 2.30. The topological polar surface area (TPSA) is 81.4 Å². The largest absolute Gasteiger partial charge is 0.381 e. The summed E-state index contributed by atoms with van der Waals surface area (Å²) in [5.74, 6) is 2.57. The van der Waals surface area contributed by atoms with E-state index >= 15 is 0 Å². The average Bonchev–Trinajstić information content (AvgIpc) is 3.36. The van der Waals surface area contributed by atoms with Crippen molar-refractivity contribution in [3.8, 4) is 0 Å². The van der Waals surface area contributed by atoms with Gasteiger partial charge in [-0.1, -0.05) is 23.4 Å². The van der Waals surface area contributed by atoms with Crippen molar-refractivity contribution >= 4 is 16.8 Å². The monoisotopic (exact) mass is 460 g/mol. The van der Waals surface area contributed by atoms with E-state index in [0.717, 1.165) is 118 Å². The van der Waals surface area contributed by atoms with Gasteiger partial charge in [-0.25, -0.2) is 0 Å². The molecule has 2 saturated heterocycles. The number of fused-ring (bicyclic) bond motifs is 2. The van der Waals surface area contributed by atoms with Gasteiger partial charge in [-0.05, 0) is 68.9 Å². The first-order chi connectivity index (χ1) is 16.8. The lowest BCUT2D eigenvalue weighted by molar-refractivity contribution is 0.0688. The molecule has 2 fully saturated rings. The molecular formula is C27H32N4O3. The number of rotatable bonds is 4. The summed E-state index contributed by atoms with van der Waals surface area (Å²) in [7, 11) is 0. The molecule has 6 rings (SSSR count). The van der Waals surface area contributed by atoms with Crippen molar-refractivity contribution in [2.75, 3.05) is 26.3 Å². The average molecular weight is 461 g/mol. The molecule has 3 aliphatic rings. The van der Waals surface area contributed by atoms with Gasteiger partial charge in [0.1, 0.15) is 0 Å². The normalized spacial score (nSPS) is 19.9. The number of ether oxygens (including phenoxy) is 1. The third-order valence-electron chi connectivity index (χ3n) is 7.82. The van der Waals surface area contributed by atoms with E-state index in [1.54, 1.807) is 0 Å². The molecule has 0 atom stereocenters. The fourth-order valence-electron chi connectivity index (χ4n) is 5.83. The molecule has 1 amide bonds. The first-order valence-electron chi connectivity index (χ1n) is 12.9. The number of nitrogens with zero attached hydrogens (tertiary/aromatic N) is 4. The molecule has 34 heavy (non-hydrogen) atoms. The number of likely N-dealkylation sites (tertiary alicyclic amines) is 1. The number of piperidine rings is 1. The van der Waals surface area contributed by atoms with Gasteiger partial charge < -0.3 is 14.2 Å². The molecule has 7 heteroatoms.